The van der Waals surface area contributed by atoms with Gasteiger partial charge in [-0.15, -0.1) is 13.2 Å². The van der Waals surface area contributed by atoms with Crippen LogP contribution in [0.25, 0.3) is 0 Å². The summed E-state index contributed by atoms with van der Waals surface area (Å²) in [6.07, 6.45) is -4.98. The highest BCUT2D eigenvalue weighted by Gasteiger charge is 2.33. The Kier molecular flexibility index (Phi) is 3.96. The molecule has 0 aliphatic heterocycles. The Labute approximate surface area is 99.1 Å². The van der Waals surface area contributed by atoms with Crippen molar-refractivity contribution in [2.75, 3.05) is 7.11 Å². The summed E-state index contributed by atoms with van der Waals surface area (Å²) in [6, 6.07) is 0.619. The summed E-state index contributed by atoms with van der Waals surface area (Å²) in [5.41, 5.74) is 4.50. The molecule has 0 saturated carbocycles. The molecule has 1 aromatic heterocycles. The quantitative estimate of drug-likeness (QED) is 0.848. The monoisotopic (exact) mass is 266 g/mol. The van der Waals surface area contributed by atoms with E-state index < -0.39 is 23.8 Å². The van der Waals surface area contributed by atoms with Gasteiger partial charge >= 0.3 is 12.3 Å². The molecule has 1 aromatic rings. The zero-order chi connectivity index (χ0) is 13.9. The maximum atomic E-state index is 12.1. The van der Waals surface area contributed by atoms with E-state index in [-0.39, 0.29) is 18.0 Å². The molecule has 0 unspecified atom stereocenters. The zero-order valence-electron chi connectivity index (χ0n) is 9.11. The number of nitrogens with two attached hydrogens (primary N) is 1. The van der Waals surface area contributed by atoms with E-state index in [0.717, 1.165) is 7.11 Å². The highest BCUT2D eigenvalue weighted by Crippen LogP contribution is 2.34. The number of methoxy groups -OCH3 is 1. The van der Waals surface area contributed by atoms with Gasteiger partial charge in [0.25, 0.3) is 0 Å². The number of carboxylic acid groups (broad SMARTS) is 1. The van der Waals surface area contributed by atoms with Crippen LogP contribution in [0.3, 0.4) is 0 Å². The van der Waals surface area contributed by atoms with Crippen LogP contribution in [-0.4, -0.2) is 29.5 Å². The summed E-state index contributed by atoms with van der Waals surface area (Å²) >= 11 is 0. The van der Waals surface area contributed by atoms with Gasteiger partial charge in [-0.25, -0.2) is 9.78 Å². The fraction of sp³-hybridized carbons (Fsp3) is 0.333. The molecule has 0 aliphatic rings. The zero-order valence-corrected chi connectivity index (χ0v) is 9.11. The smallest absolute Gasteiger partial charge is 0.491 e. The third kappa shape index (κ3) is 3.23. The first-order valence-corrected chi connectivity index (χ1v) is 4.55. The molecular formula is C9H9F3N2O4. The van der Waals surface area contributed by atoms with Gasteiger partial charge in [0.2, 0.25) is 0 Å². The van der Waals surface area contributed by atoms with Crippen molar-refractivity contribution in [3.63, 3.8) is 0 Å². The fourth-order valence-corrected chi connectivity index (χ4v) is 1.23. The SMILES string of the molecule is COc1c(OC(F)(F)F)cc(C(=O)O)nc1CN. The van der Waals surface area contributed by atoms with Crippen molar-refractivity contribution < 1.29 is 32.5 Å². The first kappa shape index (κ1) is 14.0. The molecule has 0 saturated heterocycles. The van der Waals surface area contributed by atoms with Crippen molar-refractivity contribution in [2.24, 2.45) is 5.73 Å². The molecule has 1 heterocycles. The number of pyridine rings is 1. The lowest BCUT2D eigenvalue weighted by atomic mass is 10.2. The molecule has 0 aliphatic carbocycles. The minimum Gasteiger partial charge on any atom is -0.491 e. The number of ether oxygens (including phenoxy) is 2. The number of aromatic carboxylic acids is 1. The molecule has 100 valence electrons. The Morgan fingerprint density at radius 1 is 1.56 bits per heavy atom. The topological polar surface area (TPSA) is 94.7 Å². The third-order valence-corrected chi connectivity index (χ3v) is 1.85. The Morgan fingerprint density at radius 3 is 2.56 bits per heavy atom. The molecular weight excluding hydrogens is 257 g/mol. The van der Waals surface area contributed by atoms with Crippen LogP contribution in [0.4, 0.5) is 13.2 Å². The molecule has 9 heteroatoms. The summed E-state index contributed by atoms with van der Waals surface area (Å²) in [5, 5.41) is 8.71. The van der Waals surface area contributed by atoms with Crippen molar-refractivity contribution in [3.05, 3.63) is 17.5 Å². The predicted molar refractivity (Wildman–Crippen MR) is 52.3 cm³/mol. The first-order valence-electron chi connectivity index (χ1n) is 4.55. The lowest BCUT2D eigenvalue weighted by Crippen LogP contribution is -2.19. The lowest BCUT2D eigenvalue weighted by molar-refractivity contribution is -0.275. The lowest BCUT2D eigenvalue weighted by Gasteiger charge is -2.15. The minimum absolute atomic E-state index is 0.142. The molecule has 6 nitrogen and oxygen atoms in total. The largest absolute Gasteiger partial charge is 0.573 e. The van der Waals surface area contributed by atoms with Crippen LogP contribution in [0.1, 0.15) is 16.2 Å². The van der Waals surface area contributed by atoms with Gasteiger partial charge in [0.15, 0.2) is 17.2 Å². The summed E-state index contributed by atoms with van der Waals surface area (Å²) in [7, 11) is 1.10. The molecule has 0 aromatic carbocycles. The maximum Gasteiger partial charge on any atom is 0.573 e. The van der Waals surface area contributed by atoms with Crippen LogP contribution in [0, 0.1) is 0 Å². The van der Waals surface area contributed by atoms with Gasteiger partial charge in [-0.3, -0.25) is 0 Å². The second-order valence-corrected chi connectivity index (χ2v) is 3.04. The van der Waals surface area contributed by atoms with E-state index >= 15 is 0 Å². The molecule has 0 fully saturated rings. The van der Waals surface area contributed by atoms with Gasteiger partial charge < -0.3 is 20.3 Å². The average molecular weight is 266 g/mol. The Bertz CT molecular complexity index is 462. The standard InChI is InChI=1S/C9H9F3N2O4/c1-17-7-5(3-13)14-4(8(15)16)2-6(7)18-9(10,11)12/h2H,3,13H2,1H3,(H,15,16). The van der Waals surface area contributed by atoms with Crippen molar-refractivity contribution in [1.29, 1.82) is 0 Å². The van der Waals surface area contributed by atoms with Gasteiger partial charge in [-0.1, -0.05) is 0 Å². The van der Waals surface area contributed by atoms with Crippen molar-refractivity contribution in [1.82, 2.24) is 4.98 Å². The van der Waals surface area contributed by atoms with E-state index in [4.69, 9.17) is 10.8 Å². The summed E-state index contributed by atoms with van der Waals surface area (Å²) in [4.78, 5) is 14.3. The summed E-state index contributed by atoms with van der Waals surface area (Å²) < 4.78 is 44.8. The fourth-order valence-electron chi connectivity index (χ4n) is 1.23. The average Bonchev–Trinajstić information content (AvgIpc) is 2.25. The van der Waals surface area contributed by atoms with E-state index in [1.165, 1.54) is 0 Å². The number of alkyl halides is 3. The molecule has 1 rings (SSSR count). The number of aromatic nitrogens is 1. The number of hydrogen-bond donors (Lipinski definition) is 2. The van der Waals surface area contributed by atoms with Gasteiger partial charge in [-0.05, 0) is 0 Å². The molecule has 0 spiro atoms. The molecule has 0 bridgehead atoms. The molecule has 0 amide bonds. The van der Waals surface area contributed by atoms with Crippen molar-refractivity contribution >= 4 is 5.97 Å². The molecule has 0 radical (unpaired) electrons. The number of carbonyl (C=O) groups is 1. The van der Waals surface area contributed by atoms with Crippen molar-refractivity contribution in [3.8, 4) is 11.5 Å². The molecule has 18 heavy (non-hydrogen) atoms. The summed E-state index contributed by atoms with van der Waals surface area (Å²) in [6.45, 7) is -0.293. The van der Waals surface area contributed by atoms with E-state index in [1.54, 1.807) is 0 Å². The van der Waals surface area contributed by atoms with E-state index in [2.05, 4.69) is 14.5 Å². The predicted octanol–water partition coefficient (Wildman–Crippen LogP) is 1.15. The van der Waals surface area contributed by atoms with Crippen LogP contribution in [-0.2, 0) is 6.54 Å². The van der Waals surface area contributed by atoms with Gasteiger partial charge in [0, 0.05) is 12.6 Å². The Morgan fingerprint density at radius 2 is 2.17 bits per heavy atom. The van der Waals surface area contributed by atoms with E-state index in [9.17, 15) is 18.0 Å². The van der Waals surface area contributed by atoms with Gasteiger partial charge in [0.05, 0.1) is 7.11 Å². The first-order chi connectivity index (χ1) is 8.28. The van der Waals surface area contributed by atoms with Crippen LogP contribution in [0.2, 0.25) is 0 Å². The van der Waals surface area contributed by atoms with Crippen LogP contribution < -0.4 is 15.2 Å². The highest BCUT2D eigenvalue weighted by molar-refractivity contribution is 5.86. The number of carboxylic acids is 1. The van der Waals surface area contributed by atoms with Gasteiger partial charge in [-0.2, -0.15) is 0 Å². The second kappa shape index (κ2) is 5.08. The maximum absolute atomic E-state index is 12.1. The van der Waals surface area contributed by atoms with Crippen molar-refractivity contribution in [2.45, 2.75) is 12.9 Å². The molecule has 0 atom stereocenters. The normalized spacial score (nSPS) is 11.2. The Hall–Kier alpha value is -2.03. The number of rotatable bonds is 4. The summed E-state index contributed by atoms with van der Waals surface area (Å²) in [5.74, 6) is -2.64. The van der Waals surface area contributed by atoms with Crippen LogP contribution in [0.5, 0.6) is 11.5 Å². The van der Waals surface area contributed by atoms with Gasteiger partial charge in [0.1, 0.15) is 5.69 Å². The highest BCUT2D eigenvalue weighted by atomic mass is 19.4. The van der Waals surface area contributed by atoms with Crippen LogP contribution in [0.15, 0.2) is 6.07 Å². The van der Waals surface area contributed by atoms with E-state index in [1.807, 2.05) is 0 Å². The minimum atomic E-state index is -4.98. The third-order valence-electron chi connectivity index (χ3n) is 1.85. The Balaban J connectivity index is 3.35. The number of nitrogens with zero attached hydrogens (tertiary/aromatic N) is 1. The number of hydrogen-bond acceptors (Lipinski definition) is 5. The van der Waals surface area contributed by atoms with Crippen LogP contribution >= 0.6 is 0 Å². The van der Waals surface area contributed by atoms with E-state index in [0.29, 0.717) is 6.07 Å². The molecule has 3 N–H and O–H groups in total. The second-order valence-electron chi connectivity index (χ2n) is 3.04. The number of halogens is 3.